The van der Waals surface area contributed by atoms with E-state index in [-0.39, 0.29) is 18.0 Å². The number of amides is 2. The van der Waals surface area contributed by atoms with Crippen molar-refractivity contribution in [2.24, 2.45) is 0 Å². The Kier molecular flexibility index (Phi) is 4.32. The average Bonchev–Trinajstić information content (AvgIpc) is 2.98. The number of halogens is 1. The lowest BCUT2D eigenvalue weighted by atomic mass is 10.0. The van der Waals surface area contributed by atoms with Gasteiger partial charge in [-0.25, -0.2) is 4.79 Å². The van der Waals surface area contributed by atoms with Gasteiger partial charge in [-0.3, -0.25) is 9.69 Å². The minimum atomic E-state index is -0.306. The summed E-state index contributed by atoms with van der Waals surface area (Å²) in [5.41, 5.74) is 3.46. The molecule has 1 fully saturated rings. The first kappa shape index (κ1) is 16.9. The summed E-state index contributed by atoms with van der Waals surface area (Å²) in [5, 5.41) is 0.604. The minimum absolute atomic E-state index is 0.0353. The summed E-state index contributed by atoms with van der Waals surface area (Å²) in [6.07, 6.45) is 0.373. The van der Waals surface area contributed by atoms with Gasteiger partial charge < -0.3 is 9.64 Å². The van der Waals surface area contributed by atoms with Crippen LogP contribution in [-0.4, -0.2) is 36.1 Å². The Balaban J connectivity index is 1.70. The van der Waals surface area contributed by atoms with Crippen LogP contribution in [0.15, 0.2) is 42.5 Å². The summed E-state index contributed by atoms with van der Waals surface area (Å²) in [5.74, 6) is -0.0353. The van der Waals surface area contributed by atoms with E-state index in [0.29, 0.717) is 36.7 Å². The van der Waals surface area contributed by atoms with E-state index >= 15 is 0 Å². The largest absolute Gasteiger partial charge is 0.447 e. The van der Waals surface area contributed by atoms with E-state index in [1.54, 1.807) is 29.2 Å². The molecule has 0 unspecified atom stereocenters. The van der Waals surface area contributed by atoms with Gasteiger partial charge in [-0.1, -0.05) is 23.7 Å². The van der Waals surface area contributed by atoms with E-state index in [1.165, 1.54) is 0 Å². The summed E-state index contributed by atoms with van der Waals surface area (Å²) in [6, 6.07) is 12.9. The molecule has 2 amide bonds. The van der Waals surface area contributed by atoms with Gasteiger partial charge in [-0.2, -0.15) is 0 Å². The highest BCUT2D eigenvalue weighted by molar-refractivity contribution is 6.30. The number of anilines is 1. The van der Waals surface area contributed by atoms with Crippen molar-refractivity contribution in [3.63, 3.8) is 0 Å². The fourth-order valence-electron chi connectivity index (χ4n) is 3.54. The van der Waals surface area contributed by atoms with E-state index in [9.17, 15) is 9.59 Å². The van der Waals surface area contributed by atoms with Crippen molar-refractivity contribution in [2.45, 2.75) is 25.9 Å². The second-order valence-electron chi connectivity index (χ2n) is 6.76. The molecule has 2 aromatic rings. The lowest BCUT2D eigenvalue weighted by molar-refractivity contribution is 0.0734. The van der Waals surface area contributed by atoms with E-state index in [2.05, 4.69) is 0 Å². The van der Waals surface area contributed by atoms with Crippen LogP contribution in [0.3, 0.4) is 0 Å². The van der Waals surface area contributed by atoms with Crippen LogP contribution < -0.4 is 4.90 Å². The maximum atomic E-state index is 13.0. The molecule has 2 aliphatic heterocycles. The number of hydrogen-bond donors (Lipinski definition) is 0. The van der Waals surface area contributed by atoms with Crippen LogP contribution in [0.5, 0.6) is 0 Å². The van der Waals surface area contributed by atoms with Gasteiger partial charge in [0.2, 0.25) is 0 Å². The molecule has 2 aromatic carbocycles. The summed E-state index contributed by atoms with van der Waals surface area (Å²) >= 11 is 5.93. The number of aryl methyl sites for hydroxylation is 1. The second kappa shape index (κ2) is 6.65. The van der Waals surface area contributed by atoms with Crippen LogP contribution in [0.1, 0.15) is 27.9 Å². The summed E-state index contributed by atoms with van der Waals surface area (Å²) in [4.78, 5) is 28.8. The molecule has 0 aromatic heterocycles. The molecule has 0 aliphatic carbocycles. The molecule has 26 heavy (non-hydrogen) atoms. The quantitative estimate of drug-likeness (QED) is 0.761. The zero-order valence-electron chi connectivity index (χ0n) is 14.4. The minimum Gasteiger partial charge on any atom is -0.447 e. The van der Waals surface area contributed by atoms with Crippen molar-refractivity contribution < 1.29 is 14.3 Å². The van der Waals surface area contributed by atoms with Crippen molar-refractivity contribution in [1.29, 1.82) is 0 Å². The highest BCUT2D eigenvalue weighted by atomic mass is 35.5. The van der Waals surface area contributed by atoms with Crippen molar-refractivity contribution >= 4 is 29.3 Å². The van der Waals surface area contributed by atoms with E-state index < -0.39 is 0 Å². The third kappa shape index (κ3) is 3.03. The molecule has 0 bridgehead atoms. The SMILES string of the molecule is Cc1ccc2c(c1)N1C(=O)OC[C@@H]1CCN(C(=O)c1ccc(Cl)cc1)C2. The highest BCUT2D eigenvalue weighted by Gasteiger charge is 2.37. The molecule has 0 N–H and O–H groups in total. The van der Waals surface area contributed by atoms with Crippen molar-refractivity contribution in [2.75, 3.05) is 18.1 Å². The first-order valence-corrected chi connectivity index (χ1v) is 9.01. The number of ether oxygens (including phenoxy) is 1. The number of rotatable bonds is 1. The predicted octanol–water partition coefficient (Wildman–Crippen LogP) is 4.02. The molecule has 0 radical (unpaired) electrons. The highest BCUT2D eigenvalue weighted by Crippen LogP contribution is 2.32. The Morgan fingerprint density at radius 3 is 2.73 bits per heavy atom. The van der Waals surface area contributed by atoms with Crippen molar-refractivity contribution in [1.82, 2.24) is 4.90 Å². The third-order valence-corrected chi connectivity index (χ3v) is 5.19. The molecule has 6 heteroatoms. The smallest absolute Gasteiger partial charge is 0.414 e. The van der Waals surface area contributed by atoms with Gasteiger partial charge in [-0.05, 0) is 54.8 Å². The molecular weight excluding hydrogens is 352 g/mol. The zero-order chi connectivity index (χ0) is 18.3. The Morgan fingerprint density at radius 2 is 1.96 bits per heavy atom. The maximum absolute atomic E-state index is 13.0. The molecule has 1 atom stereocenters. The van der Waals surface area contributed by atoms with Crippen LogP contribution in [0, 0.1) is 6.92 Å². The molecule has 5 nitrogen and oxygen atoms in total. The fourth-order valence-corrected chi connectivity index (χ4v) is 3.66. The Bertz CT molecular complexity index is 866. The number of cyclic esters (lactones) is 1. The van der Waals surface area contributed by atoms with Gasteiger partial charge in [0, 0.05) is 23.7 Å². The number of fused-ring (bicyclic) bond motifs is 3. The molecule has 4 rings (SSSR count). The first-order chi connectivity index (χ1) is 12.5. The van der Waals surface area contributed by atoms with Crippen LogP contribution in [0.2, 0.25) is 5.02 Å². The summed E-state index contributed by atoms with van der Waals surface area (Å²) in [6.45, 7) is 3.36. The summed E-state index contributed by atoms with van der Waals surface area (Å²) < 4.78 is 5.27. The van der Waals surface area contributed by atoms with Crippen LogP contribution in [0.25, 0.3) is 0 Å². The van der Waals surface area contributed by atoms with Gasteiger partial charge >= 0.3 is 6.09 Å². The van der Waals surface area contributed by atoms with Crippen LogP contribution >= 0.6 is 11.6 Å². The lowest BCUT2D eigenvalue weighted by Gasteiger charge is -2.32. The van der Waals surface area contributed by atoms with E-state index in [4.69, 9.17) is 16.3 Å². The standard InChI is InChI=1S/C20H19ClN2O3/c1-13-2-3-15-11-22(19(24)14-4-6-16(21)7-5-14)9-8-17-12-26-20(25)23(17)18(15)10-13/h2-7,10,17H,8-9,11-12H2,1H3/t17-/m0/s1. The number of nitrogens with zero attached hydrogens (tertiary/aromatic N) is 2. The lowest BCUT2D eigenvalue weighted by Crippen LogP contribution is -2.42. The number of hydrogen-bond acceptors (Lipinski definition) is 3. The predicted molar refractivity (Wildman–Crippen MR) is 99.6 cm³/mol. The second-order valence-corrected chi connectivity index (χ2v) is 7.19. The van der Waals surface area contributed by atoms with Crippen LogP contribution in [-0.2, 0) is 11.3 Å². The van der Waals surface area contributed by atoms with E-state index in [1.807, 2.05) is 30.0 Å². The van der Waals surface area contributed by atoms with Gasteiger partial charge in [0.25, 0.3) is 5.91 Å². The monoisotopic (exact) mass is 370 g/mol. The number of benzene rings is 2. The van der Waals surface area contributed by atoms with Gasteiger partial charge in [-0.15, -0.1) is 0 Å². The maximum Gasteiger partial charge on any atom is 0.414 e. The topological polar surface area (TPSA) is 49.9 Å². The Labute approximate surface area is 157 Å². The van der Waals surface area contributed by atoms with E-state index in [0.717, 1.165) is 16.8 Å². The molecule has 0 spiro atoms. The first-order valence-electron chi connectivity index (χ1n) is 8.63. The molecule has 0 saturated carbocycles. The average molecular weight is 371 g/mol. The van der Waals surface area contributed by atoms with Gasteiger partial charge in [0.15, 0.2) is 0 Å². The molecule has 2 aliphatic rings. The van der Waals surface area contributed by atoms with Crippen molar-refractivity contribution in [3.8, 4) is 0 Å². The van der Waals surface area contributed by atoms with Gasteiger partial charge in [0.1, 0.15) is 6.61 Å². The molecule has 134 valence electrons. The molecule has 2 heterocycles. The molecule has 1 saturated heterocycles. The Morgan fingerprint density at radius 1 is 1.19 bits per heavy atom. The fraction of sp³-hybridized carbons (Fsp3) is 0.300. The number of carbonyl (C=O) groups excluding carboxylic acids is 2. The number of carbonyl (C=O) groups is 2. The third-order valence-electron chi connectivity index (χ3n) is 4.93. The van der Waals surface area contributed by atoms with Crippen molar-refractivity contribution in [3.05, 3.63) is 64.2 Å². The summed E-state index contributed by atoms with van der Waals surface area (Å²) in [7, 11) is 0. The Hall–Kier alpha value is -2.53. The van der Waals surface area contributed by atoms with Gasteiger partial charge in [0.05, 0.1) is 11.7 Å². The normalized spacial score (nSPS) is 19.3. The molecular formula is C20H19ClN2O3. The van der Waals surface area contributed by atoms with Crippen LogP contribution in [0.4, 0.5) is 10.5 Å². The zero-order valence-corrected chi connectivity index (χ0v) is 15.2.